The van der Waals surface area contributed by atoms with E-state index in [0.717, 1.165) is 11.9 Å². The first-order chi connectivity index (χ1) is 11.6. The number of carboxylic acids is 1. The predicted octanol–water partition coefficient (Wildman–Crippen LogP) is 1.40. The van der Waals surface area contributed by atoms with Crippen LogP contribution < -0.4 is 15.0 Å². The number of carbonyl (C=O) groups excluding carboxylic acids is 1. The van der Waals surface area contributed by atoms with E-state index in [4.69, 9.17) is 9.84 Å². The number of anilines is 2. The second-order valence-corrected chi connectivity index (χ2v) is 5.24. The van der Waals surface area contributed by atoms with E-state index in [-0.39, 0.29) is 11.6 Å². The van der Waals surface area contributed by atoms with Gasteiger partial charge >= 0.3 is 5.97 Å². The van der Waals surface area contributed by atoms with E-state index >= 15 is 0 Å². The average Bonchev–Trinajstić information content (AvgIpc) is 2.96. The van der Waals surface area contributed by atoms with Crippen LogP contribution in [0.15, 0.2) is 36.7 Å². The van der Waals surface area contributed by atoms with Crippen molar-refractivity contribution in [3.63, 3.8) is 0 Å². The Morgan fingerprint density at radius 3 is 2.79 bits per heavy atom. The summed E-state index contributed by atoms with van der Waals surface area (Å²) in [5.74, 6) is -0.241. The Bertz CT molecular complexity index is 763. The monoisotopic (exact) mass is 328 g/mol. The second kappa shape index (κ2) is 6.53. The Kier molecular flexibility index (Phi) is 4.28. The first-order valence-corrected chi connectivity index (χ1v) is 7.36. The fourth-order valence-electron chi connectivity index (χ4n) is 2.60. The smallest absolute Gasteiger partial charge is 0.356 e. The molecule has 0 spiro atoms. The van der Waals surface area contributed by atoms with Crippen LogP contribution in [-0.4, -0.2) is 46.6 Å². The Morgan fingerprint density at radius 1 is 1.33 bits per heavy atom. The maximum atomic E-state index is 12.6. The summed E-state index contributed by atoms with van der Waals surface area (Å²) in [5, 5.41) is 11.8. The van der Waals surface area contributed by atoms with E-state index < -0.39 is 12.0 Å². The maximum absolute atomic E-state index is 12.6. The summed E-state index contributed by atoms with van der Waals surface area (Å²) in [5.41, 5.74) is 0.579. The van der Waals surface area contributed by atoms with Gasteiger partial charge in [0.2, 0.25) is 5.91 Å². The third-order valence-corrected chi connectivity index (χ3v) is 3.77. The molecular weight excluding hydrogens is 312 g/mol. The number of hydrogen-bond donors (Lipinski definition) is 2. The molecule has 1 unspecified atom stereocenters. The van der Waals surface area contributed by atoms with E-state index in [0.29, 0.717) is 24.5 Å². The summed E-state index contributed by atoms with van der Waals surface area (Å²) < 4.78 is 5.30. The van der Waals surface area contributed by atoms with Crippen LogP contribution in [0.25, 0.3) is 0 Å². The van der Waals surface area contributed by atoms with Gasteiger partial charge in [0.05, 0.1) is 25.2 Å². The summed E-state index contributed by atoms with van der Waals surface area (Å²) >= 11 is 0. The molecule has 124 valence electrons. The molecule has 8 heteroatoms. The van der Waals surface area contributed by atoms with Gasteiger partial charge in [0.1, 0.15) is 17.6 Å². The lowest BCUT2D eigenvalue weighted by Gasteiger charge is -2.19. The van der Waals surface area contributed by atoms with Crippen LogP contribution in [0.5, 0.6) is 5.75 Å². The van der Waals surface area contributed by atoms with E-state index in [2.05, 4.69) is 15.3 Å². The van der Waals surface area contributed by atoms with Crippen molar-refractivity contribution >= 4 is 23.4 Å². The Hall–Kier alpha value is -3.16. The summed E-state index contributed by atoms with van der Waals surface area (Å²) in [6.07, 6.45) is 3.06. The zero-order valence-electron chi connectivity index (χ0n) is 13.0. The molecule has 1 aliphatic rings. The summed E-state index contributed by atoms with van der Waals surface area (Å²) in [6.45, 7) is 0.553. The number of methoxy groups -OCH3 is 1. The van der Waals surface area contributed by atoms with Crippen molar-refractivity contribution in [1.29, 1.82) is 0 Å². The number of nitrogens with zero attached hydrogens (tertiary/aromatic N) is 3. The van der Waals surface area contributed by atoms with E-state index in [9.17, 15) is 9.59 Å². The lowest BCUT2D eigenvalue weighted by molar-refractivity contribution is -0.117. The largest absolute Gasteiger partial charge is 0.495 e. The minimum absolute atomic E-state index is 0.0939. The van der Waals surface area contributed by atoms with Crippen molar-refractivity contribution in [2.24, 2.45) is 0 Å². The van der Waals surface area contributed by atoms with Crippen LogP contribution in [0.2, 0.25) is 0 Å². The highest BCUT2D eigenvalue weighted by atomic mass is 16.5. The van der Waals surface area contributed by atoms with Crippen LogP contribution in [0.1, 0.15) is 16.9 Å². The molecule has 8 nitrogen and oxygen atoms in total. The molecule has 0 saturated carbocycles. The van der Waals surface area contributed by atoms with Gasteiger partial charge in [-0.25, -0.2) is 14.8 Å². The Labute approximate surface area is 138 Å². The van der Waals surface area contributed by atoms with Crippen LogP contribution in [0.3, 0.4) is 0 Å². The molecule has 3 rings (SSSR count). The lowest BCUT2D eigenvalue weighted by Crippen LogP contribution is -2.33. The number of carbonyl (C=O) groups is 2. The van der Waals surface area contributed by atoms with Crippen molar-refractivity contribution in [1.82, 2.24) is 9.97 Å². The number of aromatic carboxylic acids is 1. The molecule has 24 heavy (non-hydrogen) atoms. The number of ether oxygens (including phenoxy) is 1. The Balaban J connectivity index is 1.73. The van der Waals surface area contributed by atoms with Crippen LogP contribution in [0.4, 0.5) is 11.5 Å². The fraction of sp³-hybridized carbons (Fsp3) is 0.250. The van der Waals surface area contributed by atoms with Crippen molar-refractivity contribution in [3.8, 4) is 5.75 Å². The van der Waals surface area contributed by atoms with Crippen molar-refractivity contribution in [2.45, 2.75) is 12.5 Å². The minimum atomic E-state index is -1.15. The SMILES string of the molecule is COc1ccccc1N1CCC(Nc2cnc(C(=O)O)cn2)C1=O. The number of aromatic nitrogens is 2. The number of carboxylic acid groups (broad SMARTS) is 1. The highest BCUT2D eigenvalue weighted by molar-refractivity contribution is 6.02. The van der Waals surface area contributed by atoms with Gasteiger partial charge < -0.3 is 20.1 Å². The van der Waals surface area contributed by atoms with Crippen LogP contribution >= 0.6 is 0 Å². The van der Waals surface area contributed by atoms with Crippen molar-refractivity contribution in [2.75, 3.05) is 23.9 Å². The normalized spacial score (nSPS) is 17.0. The molecule has 0 radical (unpaired) electrons. The molecule has 2 aromatic rings. The Morgan fingerprint density at radius 2 is 2.12 bits per heavy atom. The van der Waals surface area contributed by atoms with Gasteiger partial charge in [-0.2, -0.15) is 0 Å². The highest BCUT2D eigenvalue weighted by Crippen LogP contribution is 2.31. The van der Waals surface area contributed by atoms with Gasteiger partial charge in [-0.1, -0.05) is 12.1 Å². The van der Waals surface area contributed by atoms with Crippen LogP contribution in [0, 0.1) is 0 Å². The highest BCUT2D eigenvalue weighted by Gasteiger charge is 2.34. The number of benzene rings is 1. The molecule has 0 aliphatic carbocycles. The van der Waals surface area contributed by atoms with E-state index in [1.165, 1.54) is 6.20 Å². The fourth-order valence-corrected chi connectivity index (χ4v) is 2.60. The molecule has 1 aliphatic heterocycles. The van der Waals surface area contributed by atoms with Gasteiger partial charge in [-0.15, -0.1) is 0 Å². The number of rotatable bonds is 5. The molecule has 1 saturated heterocycles. The molecule has 1 aromatic heterocycles. The third kappa shape index (κ3) is 2.98. The second-order valence-electron chi connectivity index (χ2n) is 5.24. The molecule has 1 aromatic carbocycles. The number of amides is 1. The average molecular weight is 328 g/mol. The third-order valence-electron chi connectivity index (χ3n) is 3.77. The van der Waals surface area contributed by atoms with Gasteiger partial charge in [0.15, 0.2) is 5.69 Å². The number of hydrogen-bond acceptors (Lipinski definition) is 6. The summed E-state index contributed by atoms with van der Waals surface area (Å²) in [6, 6.07) is 6.89. The van der Waals surface area contributed by atoms with E-state index in [1.54, 1.807) is 18.1 Å². The molecule has 2 heterocycles. The predicted molar refractivity (Wildman–Crippen MR) is 86.4 cm³/mol. The molecule has 2 N–H and O–H groups in total. The molecule has 0 bridgehead atoms. The molecule has 1 fully saturated rings. The minimum Gasteiger partial charge on any atom is -0.495 e. The van der Waals surface area contributed by atoms with Gasteiger partial charge in [-0.3, -0.25) is 4.79 Å². The first-order valence-electron chi connectivity index (χ1n) is 7.36. The van der Waals surface area contributed by atoms with Gasteiger partial charge in [-0.05, 0) is 18.6 Å². The molecular formula is C16H16N4O4. The first kappa shape index (κ1) is 15.7. The molecule has 1 atom stereocenters. The van der Waals surface area contributed by atoms with Gasteiger partial charge in [0, 0.05) is 6.54 Å². The van der Waals surface area contributed by atoms with Gasteiger partial charge in [0.25, 0.3) is 0 Å². The topological polar surface area (TPSA) is 105 Å². The zero-order chi connectivity index (χ0) is 17.1. The van der Waals surface area contributed by atoms with Crippen LogP contribution in [-0.2, 0) is 4.79 Å². The maximum Gasteiger partial charge on any atom is 0.356 e. The summed E-state index contributed by atoms with van der Waals surface area (Å²) in [7, 11) is 1.56. The van der Waals surface area contributed by atoms with E-state index in [1.807, 2.05) is 18.2 Å². The zero-order valence-corrected chi connectivity index (χ0v) is 13.0. The number of para-hydroxylation sites is 2. The van der Waals surface area contributed by atoms with Crippen molar-refractivity contribution < 1.29 is 19.4 Å². The molecule has 1 amide bonds. The standard InChI is InChI=1S/C16H16N4O4/c1-24-13-5-3-2-4-12(13)20-7-6-10(15(20)21)19-14-9-17-11(8-18-14)16(22)23/h2-5,8-10H,6-7H2,1H3,(H,18,19)(H,22,23). The summed E-state index contributed by atoms with van der Waals surface area (Å²) in [4.78, 5) is 32.8. The quantitative estimate of drug-likeness (QED) is 0.854. The number of nitrogens with one attached hydrogen (secondary N) is 1. The van der Waals surface area contributed by atoms with Crippen molar-refractivity contribution in [3.05, 3.63) is 42.4 Å². The lowest BCUT2D eigenvalue weighted by atomic mass is 10.2.